The third-order valence-electron chi connectivity index (χ3n) is 2.52. The highest BCUT2D eigenvalue weighted by Crippen LogP contribution is 2.15. The van der Waals surface area contributed by atoms with E-state index in [1.807, 2.05) is 6.92 Å². The van der Waals surface area contributed by atoms with E-state index in [2.05, 4.69) is 15.3 Å². The van der Waals surface area contributed by atoms with Gasteiger partial charge in [0.15, 0.2) is 0 Å². The molecule has 6 heteroatoms. The Morgan fingerprint density at radius 2 is 2.29 bits per heavy atom. The molecule has 1 rings (SSSR count). The molecule has 17 heavy (non-hydrogen) atoms. The van der Waals surface area contributed by atoms with Gasteiger partial charge in [-0.2, -0.15) is 0 Å². The van der Waals surface area contributed by atoms with Crippen molar-refractivity contribution in [3.05, 3.63) is 18.2 Å². The maximum Gasteiger partial charge on any atom is 0.331 e. The molecule has 2 N–H and O–H groups in total. The molecule has 0 spiro atoms. The topological polar surface area (TPSA) is 84.1 Å². The van der Waals surface area contributed by atoms with Crippen LogP contribution in [-0.2, 0) is 9.53 Å². The first kappa shape index (κ1) is 13.2. The first-order valence-electron chi connectivity index (χ1n) is 5.43. The summed E-state index contributed by atoms with van der Waals surface area (Å²) in [5.74, 6) is -0.823. The standard InChI is InChI=1S/C11H17N3O3/c1-4-5-11(2,10(16)17-3)14-9(15)8-6-12-7-13-8/h6-7H,4-5H2,1-3H3,(H,12,13)(H,14,15). The second kappa shape index (κ2) is 5.47. The number of aromatic nitrogens is 2. The van der Waals surface area contributed by atoms with E-state index in [0.717, 1.165) is 6.42 Å². The number of hydrogen-bond donors (Lipinski definition) is 2. The molecule has 1 unspecified atom stereocenters. The van der Waals surface area contributed by atoms with Crippen molar-refractivity contribution < 1.29 is 14.3 Å². The maximum atomic E-state index is 11.8. The first-order chi connectivity index (χ1) is 8.03. The number of rotatable bonds is 5. The summed E-state index contributed by atoms with van der Waals surface area (Å²) in [6.07, 6.45) is 4.08. The van der Waals surface area contributed by atoms with Crippen LogP contribution in [0.1, 0.15) is 37.2 Å². The van der Waals surface area contributed by atoms with Crippen molar-refractivity contribution in [2.45, 2.75) is 32.2 Å². The lowest BCUT2D eigenvalue weighted by atomic mass is 9.96. The predicted molar refractivity (Wildman–Crippen MR) is 61.4 cm³/mol. The Balaban J connectivity index is 2.80. The highest BCUT2D eigenvalue weighted by atomic mass is 16.5. The minimum atomic E-state index is -1.01. The lowest BCUT2D eigenvalue weighted by Gasteiger charge is -2.27. The zero-order chi connectivity index (χ0) is 12.9. The predicted octanol–water partition coefficient (Wildman–Crippen LogP) is 0.871. The molecule has 0 aliphatic heterocycles. The van der Waals surface area contributed by atoms with E-state index < -0.39 is 11.5 Å². The average Bonchev–Trinajstić information content (AvgIpc) is 2.81. The van der Waals surface area contributed by atoms with E-state index in [0.29, 0.717) is 12.1 Å². The van der Waals surface area contributed by atoms with Gasteiger partial charge in [-0.3, -0.25) is 4.79 Å². The van der Waals surface area contributed by atoms with Gasteiger partial charge in [0, 0.05) is 0 Å². The average molecular weight is 239 g/mol. The molecule has 0 bridgehead atoms. The number of amides is 1. The molecule has 0 aromatic carbocycles. The van der Waals surface area contributed by atoms with Crippen LogP contribution in [0.2, 0.25) is 0 Å². The van der Waals surface area contributed by atoms with E-state index in [-0.39, 0.29) is 5.91 Å². The van der Waals surface area contributed by atoms with Crippen LogP contribution in [0.5, 0.6) is 0 Å². The minimum absolute atomic E-state index is 0.316. The summed E-state index contributed by atoms with van der Waals surface area (Å²) in [7, 11) is 1.30. The molecule has 0 radical (unpaired) electrons. The summed E-state index contributed by atoms with van der Waals surface area (Å²) in [6, 6.07) is 0. The van der Waals surface area contributed by atoms with Crippen molar-refractivity contribution in [2.75, 3.05) is 7.11 Å². The highest BCUT2D eigenvalue weighted by Gasteiger charge is 2.35. The quantitative estimate of drug-likeness (QED) is 0.747. The number of H-pyrrole nitrogens is 1. The van der Waals surface area contributed by atoms with Crippen molar-refractivity contribution in [2.24, 2.45) is 0 Å². The smallest absolute Gasteiger partial charge is 0.331 e. The summed E-state index contributed by atoms with van der Waals surface area (Å²) in [6.45, 7) is 3.58. The van der Waals surface area contributed by atoms with Gasteiger partial charge in [0.2, 0.25) is 0 Å². The number of nitrogens with zero attached hydrogens (tertiary/aromatic N) is 1. The number of carbonyl (C=O) groups is 2. The molecule has 0 fully saturated rings. The van der Waals surface area contributed by atoms with Crippen molar-refractivity contribution in [3.63, 3.8) is 0 Å². The Bertz CT molecular complexity index is 389. The summed E-state index contributed by atoms with van der Waals surface area (Å²) < 4.78 is 4.71. The SMILES string of the molecule is CCCC(C)(NC(=O)c1cnc[nH]1)C(=O)OC. The van der Waals surface area contributed by atoms with Gasteiger partial charge < -0.3 is 15.0 Å². The Morgan fingerprint density at radius 3 is 2.76 bits per heavy atom. The molecular weight excluding hydrogens is 222 g/mol. The third kappa shape index (κ3) is 3.05. The van der Waals surface area contributed by atoms with Crippen molar-refractivity contribution in [1.29, 1.82) is 0 Å². The fourth-order valence-electron chi connectivity index (χ4n) is 1.64. The van der Waals surface area contributed by atoms with E-state index >= 15 is 0 Å². The molecular formula is C11H17N3O3. The van der Waals surface area contributed by atoms with Crippen LogP contribution in [0.15, 0.2) is 12.5 Å². The van der Waals surface area contributed by atoms with E-state index in [1.165, 1.54) is 19.6 Å². The number of aromatic amines is 1. The molecule has 94 valence electrons. The molecule has 1 aromatic heterocycles. The Morgan fingerprint density at radius 1 is 1.59 bits per heavy atom. The normalized spacial score (nSPS) is 13.8. The second-order valence-corrected chi connectivity index (χ2v) is 3.99. The number of nitrogens with one attached hydrogen (secondary N) is 2. The molecule has 0 aliphatic carbocycles. The van der Waals surface area contributed by atoms with Crippen LogP contribution in [0.25, 0.3) is 0 Å². The van der Waals surface area contributed by atoms with Crippen LogP contribution in [0, 0.1) is 0 Å². The Labute approximate surface area is 99.8 Å². The molecule has 6 nitrogen and oxygen atoms in total. The summed E-state index contributed by atoms with van der Waals surface area (Å²) in [5.41, 5.74) is -0.692. The number of imidazole rings is 1. The fourth-order valence-corrected chi connectivity index (χ4v) is 1.64. The lowest BCUT2D eigenvalue weighted by Crippen LogP contribution is -2.52. The molecule has 0 saturated heterocycles. The van der Waals surface area contributed by atoms with Crippen molar-refractivity contribution >= 4 is 11.9 Å². The molecule has 1 amide bonds. The largest absolute Gasteiger partial charge is 0.467 e. The third-order valence-corrected chi connectivity index (χ3v) is 2.52. The minimum Gasteiger partial charge on any atom is -0.467 e. The highest BCUT2D eigenvalue weighted by molar-refractivity contribution is 5.96. The van der Waals surface area contributed by atoms with Crippen molar-refractivity contribution in [1.82, 2.24) is 15.3 Å². The second-order valence-electron chi connectivity index (χ2n) is 3.99. The van der Waals surface area contributed by atoms with Gasteiger partial charge in [-0.05, 0) is 13.3 Å². The van der Waals surface area contributed by atoms with E-state index in [4.69, 9.17) is 4.74 Å². The zero-order valence-corrected chi connectivity index (χ0v) is 10.2. The zero-order valence-electron chi connectivity index (χ0n) is 10.2. The molecule has 1 atom stereocenters. The summed E-state index contributed by atoms with van der Waals surface area (Å²) in [5, 5.41) is 2.66. The van der Waals surface area contributed by atoms with Gasteiger partial charge in [-0.15, -0.1) is 0 Å². The first-order valence-corrected chi connectivity index (χ1v) is 5.43. The van der Waals surface area contributed by atoms with Crippen LogP contribution < -0.4 is 5.32 Å². The molecule has 1 heterocycles. The Kier molecular flexibility index (Phi) is 4.25. The maximum absolute atomic E-state index is 11.8. The number of methoxy groups -OCH3 is 1. The monoisotopic (exact) mass is 239 g/mol. The summed E-state index contributed by atoms with van der Waals surface area (Å²) in [4.78, 5) is 29.9. The molecule has 0 saturated carbocycles. The lowest BCUT2D eigenvalue weighted by molar-refractivity contribution is -0.147. The van der Waals surface area contributed by atoms with Crippen LogP contribution in [0.3, 0.4) is 0 Å². The number of carbonyl (C=O) groups excluding carboxylic acids is 2. The van der Waals surface area contributed by atoms with Gasteiger partial charge >= 0.3 is 5.97 Å². The van der Waals surface area contributed by atoms with Crippen LogP contribution in [-0.4, -0.2) is 34.5 Å². The fraction of sp³-hybridized carbons (Fsp3) is 0.545. The van der Waals surface area contributed by atoms with Gasteiger partial charge in [-0.25, -0.2) is 9.78 Å². The van der Waals surface area contributed by atoms with Gasteiger partial charge in [-0.1, -0.05) is 13.3 Å². The van der Waals surface area contributed by atoms with Crippen LogP contribution >= 0.6 is 0 Å². The van der Waals surface area contributed by atoms with E-state index in [1.54, 1.807) is 6.92 Å². The van der Waals surface area contributed by atoms with Gasteiger partial charge in [0.05, 0.1) is 19.6 Å². The van der Waals surface area contributed by atoms with Crippen LogP contribution in [0.4, 0.5) is 0 Å². The van der Waals surface area contributed by atoms with Crippen molar-refractivity contribution in [3.8, 4) is 0 Å². The van der Waals surface area contributed by atoms with Gasteiger partial charge in [0.25, 0.3) is 5.91 Å². The molecule has 1 aromatic rings. The number of esters is 1. The summed E-state index contributed by atoms with van der Waals surface area (Å²) >= 11 is 0. The number of hydrogen-bond acceptors (Lipinski definition) is 4. The van der Waals surface area contributed by atoms with Gasteiger partial charge in [0.1, 0.15) is 11.2 Å². The Hall–Kier alpha value is -1.85. The molecule has 0 aliphatic rings. The van der Waals surface area contributed by atoms with E-state index in [9.17, 15) is 9.59 Å². The number of ether oxygens (including phenoxy) is 1.